The topological polar surface area (TPSA) is 71.5 Å². The number of carbonyl (C=O) groups excluding carboxylic acids is 2. The average molecular weight is 263 g/mol. The fourth-order valence-electron chi connectivity index (χ4n) is 2.06. The van der Waals surface area contributed by atoms with Crippen LogP contribution in [0.5, 0.6) is 5.88 Å². The molecule has 102 valence electrons. The summed E-state index contributed by atoms with van der Waals surface area (Å²) in [6.07, 6.45) is 2.22. The highest BCUT2D eigenvalue weighted by atomic mass is 16.5. The first-order valence-corrected chi connectivity index (χ1v) is 6.21. The minimum atomic E-state index is -0.412. The fourth-order valence-corrected chi connectivity index (χ4v) is 2.06. The van der Waals surface area contributed by atoms with E-state index in [4.69, 9.17) is 4.74 Å². The number of piperazine rings is 1. The van der Waals surface area contributed by atoms with Crippen LogP contribution in [0, 0.1) is 0 Å². The highest BCUT2D eigenvalue weighted by Crippen LogP contribution is 2.14. The van der Waals surface area contributed by atoms with Crippen molar-refractivity contribution in [1.82, 2.24) is 15.2 Å². The zero-order valence-electron chi connectivity index (χ0n) is 11.0. The van der Waals surface area contributed by atoms with Crippen molar-refractivity contribution in [2.24, 2.45) is 0 Å². The van der Waals surface area contributed by atoms with Gasteiger partial charge < -0.3 is 15.0 Å². The molecule has 1 fully saturated rings. The summed E-state index contributed by atoms with van der Waals surface area (Å²) < 4.78 is 5.04. The third kappa shape index (κ3) is 3.01. The molecule has 2 heterocycles. The molecule has 0 bridgehead atoms. The van der Waals surface area contributed by atoms with E-state index in [0.717, 1.165) is 5.56 Å². The number of nitrogens with one attached hydrogen (secondary N) is 1. The molecule has 1 aromatic heterocycles. The van der Waals surface area contributed by atoms with Crippen LogP contribution in [0.3, 0.4) is 0 Å². The Hall–Kier alpha value is -2.11. The summed E-state index contributed by atoms with van der Waals surface area (Å²) in [5.74, 6) is 0.337. The minimum absolute atomic E-state index is 0.0436. The van der Waals surface area contributed by atoms with Gasteiger partial charge in [0.25, 0.3) is 0 Å². The van der Waals surface area contributed by atoms with E-state index in [1.165, 1.54) is 0 Å². The first-order chi connectivity index (χ1) is 9.13. The van der Waals surface area contributed by atoms with E-state index >= 15 is 0 Å². The summed E-state index contributed by atoms with van der Waals surface area (Å²) in [5, 5.41) is 2.69. The maximum absolute atomic E-state index is 12.1. The summed E-state index contributed by atoms with van der Waals surface area (Å²) in [5.41, 5.74) is 0.893. The molecule has 6 nitrogen and oxygen atoms in total. The van der Waals surface area contributed by atoms with Crippen LogP contribution >= 0.6 is 0 Å². The summed E-state index contributed by atoms with van der Waals surface area (Å²) >= 11 is 0. The molecule has 1 N–H and O–H groups in total. The summed E-state index contributed by atoms with van der Waals surface area (Å²) in [6.45, 7) is 2.36. The third-order valence-corrected chi connectivity index (χ3v) is 3.07. The van der Waals surface area contributed by atoms with Crippen molar-refractivity contribution in [3.8, 4) is 5.88 Å². The molecule has 1 saturated heterocycles. The molecule has 0 spiro atoms. The monoisotopic (exact) mass is 263 g/mol. The number of pyridine rings is 1. The maximum Gasteiger partial charge on any atom is 0.245 e. The number of carbonyl (C=O) groups is 2. The predicted octanol–water partition coefficient (Wildman–Crippen LogP) is 0.327. The van der Waals surface area contributed by atoms with Crippen LogP contribution in [0.25, 0.3) is 0 Å². The lowest BCUT2D eigenvalue weighted by molar-refractivity contribution is -0.144. The van der Waals surface area contributed by atoms with E-state index in [0.29, 0.717) is 18.8 Å². The Morgan fingerprint density at radius 2 is 2.32 bits per heavy atom. The molecular weight excluding hydrogens is 246 g/mol. The number of ether oxygens (including phenoxy) is 1. The molecule has 0 aromatic carbocycles. The Bertz CT molecular complexity index is 490. The summed E-state index contributed by atoms with van der Waals surface area (Å²) in [7, 11) is 1.54. The second-order valence-corrected chi connectivity index (χ2v) is 4.43. The van der Waals surface area contributed by atoms with Gasteiger partial charge in [0.15, 0.2) is 0 Å². The maximum atomic E-state index is 12.1. The molecular formula is C13H17N3O3. The second-order valence-electron chi connectivity index (χ2n) is 4.43. The van der Waals surface area contributed by atoms with Gasteiger partial charge in [-0.15, -0.1) is 0 Å². The Kier molecular flexibility index (Phi) is 3.99. The van der Waals surface area contributed by atoms with Crippen LogP contribution in [-0.4, -0.2) is 41.4 Å². The largest absolute Gasteiger partial charge is 0.481 e. The van der Waals surface area contributed by atoms with Crippen LogP contribution in [-0.2, 0) is 16.1 Å². The van der Waals surface area contributed by atoms with Crippen LogP contribution in [0.4, 0.5) is 0 Å². The number of methoxy groups -OCH3 is 1. The van der Waals surface area contributed by atoms with Crippen LogP contribution in [0.15, 0.2) is 18.3 Å². The highest BCUT2D eigenvalue weighted by Gasteiger charge is 2.31. The molecule has 0 saturated carbocycles. The van der Waals surface area contributed by atoms with Gasteiger partial charge in [-0.3, -0.25) is 9.59 Å². The number of rotatable bonds is 4. The van der Waals surface area contributed by atoms with Crippen LogP contribution in [0.2, 0.25) is 0 Å². The fraction of sp³-hybridized carbons (Fsp3) is 0.462. The lowest BCUT2D eigenvalue weighted by Crippen LogP contribution is -2.57. The van der Waals surface area contributed by atoms with Gasteiger partial charge in [0.05, 0.1) is 13.7 Å². The molecule has 6 heteroatoms. The van der Waals surface area contributed by atoms with Crippen molar-refractivity contribution in [1.29, 1.82) is 0 Å². The van der Waals surface area contributed by atoms with E-state index in [9.17, 15) is 9.59 Å². The Morgan fingerprint density at radius 3 is 3.00 bits per heavy atom. The lowest BCUT2D eigenvalue weighted by atomic mass is 10.1. The highest BCUT2D eigenvalue weighted by molar-refractivity contribution is 5.94. The Morgan fingerprint density at radius 1 is 1.53 bits per heavy atom. The van der Waals surface area contributed by atoms with Crippen LogP contribution < -0.4 is 10.1 Å². The van der Waals surface area contributed by atoms with Crippen molar-refractivity contribution in [2.75, 3.05) is 13.7 Å². The first-order valence-electron chi connectivity index (χ1n) is 6.21. The number of hydrogen-bond acceptors (Lipinski definition) is 4. The predicted molar refractivity (Wildman–Crippen MR) is 68.4 cm³/mol. The lowest BCUT2D eigenvalue weighted by Gasteiger charge is -2.32. The van der Waals surface area contributed by atoms with Gasteiger partial charge in [-0.2, -0.15) is 0 Å². The number of nitrogens with zero attached hydrogens (tertiary/aromatic N) is 2. The molecule has 0 aliphatic carbocycles. The van der Waals surface area contributed by atoms with Gasteiger partial charge in [0.2, 0.25) is 17.7 Å². The van der Waals surface area contributed by atoms with E-state index < -0.39 is 6.04 Å². The smallest absolute Gasteiger partial charge is 0.245 e. The molecule has 1 unspecified atom stereocenters. The van der Waals surface area contributed by atoms with Gasteiger partial charge in [-0.05, 0) is 18.1 Å². The molecule has 1 aromatic rings. The molecule has 0 radical (unpaired) electrons. The Balaban J connectivity index is 2.12. The number of amides is 2. The van der Waals surface area contributed by atoms with Gasteiger partial charge in [-0.25, -0.2) is 4.98 Å². The molecule has 1 atom stereocenters. The van der Waals surface area contributed by atoms with Crippen LogP contribution in [0.1, 0.15) is 18.9 Å². The average Bonchev–Trinajstić information content (AvgIpc) is 2.42. The quantitative estimate of drug-likeness (QED) is 0.849. The van der Waals surface area contributed by atoms with E-state index in [2.05, 4.69) is 10.3 Å². The van der Waals surface area contributed by atoms with Gasteiger partial charge >= 0.3 is 0 Å². The normalized spacial score (nSPS) is 19.3. The summed E-state index contributed by atoms with van der Waals surface area (Å²) in [6, 6.07) is 3.16. The number of aromatic nitrogens is 1. The molecule has 1 aliphatic heterocycles. The SMILES string of the molecule is CCC1NC(=O)CN(Cc2ccnc(OC)c2)C1=O. The van der Waals surface area contributed by atoms with Gasteiger partial charge in [0.1, 0.15) is 6.04 Å². The minimum Gasteiger partial charge on any atom is -0.481 e. The molecule has 2 amide bonds. The van der Waals surface area contributed by atoms with E-state index in [1.54, 1.807) is 24.3 Å². The van der Waals surface area contributed by atoms with Crippen molar-refractivity contribution in [2.45, 2.75) is 25.9 Å². The van der Waals surface area contributed by atoms with Gasteiger partial charge in [0, 0.05) is 18.8 Å². The van der Waals surface area contributed by atoms with Crippen molar-refractivity contribution >= 4 is 11.8 Å². The summed E-state index contributed by atoms with van der Waals surface area (Å²) in [4.78, 5) is 29.3. The first kappa shape index (κ1) is 13.3. The van der Waals surface area contributed by atoms with E-state index in [-0.39, 0.29) is 18.4 Å². The molecule has 19 heavy (non-hydrogen) atoms. The van der Waals surface area contributed by atoms with Gasteiger partial charge in [-0.1, -0.05) is 6.92 Å². The molecule has 2 rings (SSSR count). The zero-order valence-corrected chi connectivity index (χ0v) is 11.0. The zero-order chi connectivity index (χ0) is 13.8. The van der Waals surface area contributed by atoms with Crippen molar-refractivity contribution < 1.29 is 14.3 Å². The standard InChI is InChI=1S/C13H17N3O3/c1-3-10-13(18)16(8-11(17)15-10)7-9-4-5-14-12(6-9)19-2/h4-6,10H,3,7-8H2,1-2H3,(H,15,17). The number of hydrogen-bond donors (Lipinski definition) is 1. The van der Waals surface area contributed by atoms with Crippen molar-refractivity contribution in [3.05, 3.63) is 23.9 Å². The second kappa shape index (κ2) is 5.69. The van der Waals surface area contributed by atoms with E-state index in [1.807, 2.05) is 13.0 Å². The molecule has 1 aliphatic rings. The third-order valence-electron chi connectivity index (χ3n) is 3.07. The Labute approximate surface area is 111 Å². The van der Waals surface area contributed by atoms with Crippen molar-refractivity contribution in [3.63, 3.8) is 0 Å².